The Morgan fingerprint density at radius 2 is 1.05 bits per heavy atom. The van der Waals surface area contributed by atoms with Crippen molar-refractivity contribution >= 4 is 46.0 Å². The Bertz CT molecular complexity index is 493. The van der Waals surface area contributed by atoms with Crippen LogP contribution in [0.5, 0.6) is 0 Å². The van der Waals surface area contributed by atoms with Gasteiger partial charge in [-0.15, -0.1) is 0 Å². The molecule has 22 heavy (non-hydrogen) atoms. The summed E-state index contributed by atoms with van der Waals surface area (Å²) in [5, 5.41) is 14.0. The quantitative estimate of drug-likeness (QED) is 0.615. The molecule has 1 rings (SSSR count). The molecular weight excluding hydrogens is 312 g/mol. The van der Waals surface area contributed by atoms with Crippen LogP contribution in [0, 0.1) is 0 Å². The van der Waals surface area contributed by atoms with Crippen molar-refractivity contribution in [1.29, 1.82) is 0 Å². The molecule has 0 bridgehead atoms. The minimum atomic E-state index is -0.0878. The lowest BCUT2D eigenvalue weighted by Crippen LogP contribution is -2.44. The molecule has 0 saturated heterocycles. The first-order chi connectivity index (χ1) is 9.96. The predicted octanol–water partition coefficient (Wildman–Crippen LogP) is 3.86. The maximum atomic E-state index is 5.35. The SMILES string of the molecule is CC(C)(C)NC(=S)Nc1ccccc1NC(=S)NC(C)(C)C. The molecule has 4 nitrogen and oxygen atoms in total. The molecule has 0 aliphatic carbocycles. The summed E-state index contributed by atoms with van der Waals surface area (Å²) in [6, 6.07) is 7.82. The lowest BCUT2D eigenvalue weighted by molar-refractivity contribution is 0.514. The number of hydrogen-bond donors (Lipinski definition) is 4. The van der Waals surface area contributed by atoms with Gasteiger partial charge in [0.1, 0.15) is 0 Å². The van der Waals surface area contributed by atoms with Gasteiger partial charge in [-0.3, -0.25) is 0 Å². The van der Waals surface area contributed by atoms with Crippen LogP contribution in [0.2, 0.25) is 0 Å². The number of anilines is 2. The van der Waals surface area contributed by atoms with E-state index in [9.17, 15) is 0 Å². The van der Waals surface area contributed by atoms with Crippen LogP contribution in [0.25, 0.3) is 0 Å². The third kappa shape index (κ3) is 7.56. The molecule has 0 aliphatic rings. The smallest absolute Gasteiger partial charge is 0.171 e. The van der Waals surface area contributed by atoms with Crippen molar-refractivity contribution in [2.24, 2.45) is 0 Å². The van der Waals surface area contributed by atoms with Crippen LogP contribution in [0.1, 0.15) is 41.5 Å². The summed E-state index contributed by atoms with van der Waals surface area (Å²) < 4.78 is 0. The van der Waals surface area contributed by atoms with Crippen molar-refractivity contribution < 1.29 is 0 Å². The van der Waals surface area contributed by atoms with E-state index in [1.807, 2.05) is 24.3 Å². The van der Waals surface area contributed by atoms with E-state index in [4.69, 9.17) is 24.4 Å². The van der Waals surface area contributed by atoms with Gasteiger partial charge in [-0.05, 0) is 78.1 Å². The van der Waals surface area contributed by atoms with Crippen molar-refractivity contribution in [3.63, 3.8) is 0 Å². The lowest BCUT2D eigenvalue weighted by atomic mass is 10.1. The zero-order chi connectivity index (χ0) is 17.0. The average molecular weight is 339 g/mol. The minimum absolute atomic E-state index is 0.0878. The topological polar surface area (TPSA) is 48.1 Å². The molecule has 0 unspecified atom stereocenters. The Labute approximate surface area is 144 Å². The van der Waals surface area contributed by atoms with Crippen LogP contribution in [0.3, 0.4) is 0 Å². The Morgan fingerprint density at radius 1 is 0.727 bits per heavy atom. The van der Waals surface area contributed by atoms with Gasteiger partial charge in [0, 0.05) is 11.1 Å². The van der Waals surface area contributed by atoms with E-state index in [0.29, 0.717) is 10.2 Å². The van der Waals surface area contributed by atoms with E-state index in [-0.39, 0.29) is 11.1 Å². The Morgan fingerprint density at radius 3 is 1.32 bits per heavy atom. The standard InChI is InChI=1S/C16H26N4S2/c1-15(2,3)19-13(21)17-11-9-7-8-10-12(11)18-14(22)20-16(4,5)6/h7-10H,1-6H3,(H2,17,19,21)(H2,18,20,22). The average Bonchev–Trinajstić information content (AvgIpc) is 2.26. The van der Waals surface area contributed by atoms with Crippen molar-refractivity contribution in [2.75, 3.05) is 10.6 Å². The van der Waals surface area contributed by atoms with Crippen LogP contribution in [0.4, 0.5) is 11.4 Å². The van der Waals surface area contributed by atoms with Crippen LogP contribution in [0.15, 0.2) is 24.3 Å². The van der Waals surface area contributed by atoms with Gasteiger partial charge < -0.3 is 21.3 Å². The van der Waals surface area contributed by atoms with Gasteiger partial charge in [0.25, 0.3) is 0 Å². The molecule has 1 aromatic carbocycles. The van der Waals surface area contributed by atoms with Crippen LogP contribution < -0.4 is 21.3 Å². The maximum Gasteiger partial charge on any atom is 0.171 e. The fourth-order valence-electron chi connectivity index (χ4n) is 1.69. The van der Waals surface area contributed by atoms with Crippen molar-refractivity contribution in [1.82, 2.24) is 10.6 Å². The highest BCUT2D eigenvalue weighted by molar-refractivity contribution is 7.80. The van der Waals surface area contributed by atoms with Crippen molar-refractivity contribution in [2.45, 2.75) is 52.6 Å². The number of rotatable bonds is 2. The van der Waals surface area contributed by atoms with E-state index in [1.165, 1.54) is 0 Å². The molecule has 0 radical (unpaired) electrons. The van der Waals surface area contributed by atoms with E-state index < -0.39 is 0 Å². The van der Waals surface area contributed by atoms with Crippen LogP contribution >= 0.6 is 24.4 Å². The summed E-state index contributed by atoms with van der Waals surface area (Å²) >= 11 is 10.7. The van der Waals surface area contributed by atoms with Crippen molar-refractivity contribution in [3.05, 3.63) is 24.3 Å². The van der Waals surface area contributed by atoms with Gasteiger partial charge in [0.15, 0.2) is 10.2 Å². The first kappa shape index (κ1) is 18.6. The van der Waals surface area contributed by atoms with Gasteiger partial charge in [-0.25, -0.2) is 0 Å². The molecule has 1 aromatic rings. The van der Waals surface area contributed by atoms with E-state index in [0.717, 1.165) is 11.4 Å². The van der Waals surface area contributed by atoms with Crippen molar-refractivity contribution in [3.8, 4) is 0 Å². The van der Waals surface area contributed by atoms with Gasteiger partial charge in [0.2, 0.25) is 0 Å². The normalized spacial score (nSPS) is 11.5. The summed E-state index contributed by atoms with van der Waals surface area (Å²) in [4.78, 5) is 0. The zero-order valence-corrected chi connectivity index (χ0v) is 15.8. The maximum absolute atomic E-state index is 5.35. The second-order valence-corrected chi connectivity index (χ2v) is 8.02. The molecule has 0 aromatic heterocycles. The molecular formula is C16H26N4S2. The van der Waals surface area contributed by atoms with E-state index in [1.54, 1.807) is 0 Å². The monoisotopic (exact) mass is 338 g/mol. The minimum Gasteiger partial charge on any atom is -0.358 e. The Hall–Kier alpha value is -1.40. The highest BCUT2D eigenvalue weighted by Gasteiger charge is 2.14. The first-order valence-corrected chi connectivity index (χ1v) is 8.05. The Balaban J connectivity index is 2.78. The fourth-order valence-corrected chi connectivity index (χ4v) is 2.52. The van der Waals surface area contributed by atoms with Gasteiger partial charge in [-0.1, -0.05) is 12.1 Å². The molecule has 0 heterocycles. The van der Waals surface area contributed by atoms with E-state index >= 15 is 0 Å². The van der Waals surface area contributed by atoms with E-state index in [2.05, 4.69) is 62.8 Å². The summed E-state index contributed by atoms with van der Waals surface area (Å²) in [6.45, 7) is 12.4. The van der Waals surface area contributed by atoms with Crippen LogP contribution in [-0.4, -0.2) is 21.3 Å². The highest BCUT2D eigenvalue weighted by Crippen LogP contribution is 2.21. The number of hydrogen-bond acceptors (Lipinski definition) is 2. The molecule has 122 valence electrons. The summed E-state index contributed by atoms with van der Waals surface area (Å²) in [7, 11) is 0. The van der Waals surface area contributed by atoms with Crippen LogP contribution in [-0.2, 0) is 0 Å². The summed E-state index contributed by atoms with van der Waals surface area (Å²) in [5.74, 6) is 0. The Kier molecular flexibility index (Phi) is 6.14. The number of para-hydroxylation sites is 2. The molecule has 0 fully saturated rings. The molecule has 0 saturated carbocycles. The largest absolute Gasteiger partial charge is 0.358 e. The second-order valence-electron chi connectivity index (χ2n) is 7.20. The number of nitrogens with one attached hydrogen (secondary N) is 4. The van der Waals surface area contributed by atoms with Gasteiger partial charge >= 0.3 is 0 Å². The second kappa shape index (κ2) is 7.24. The van der Waals surface area contributed by atoms with Gasteiger partial charge in [-0.2, -0.15) is 0 Å². The highest BCUT2D eigenvalue weighted by atomic mass is 32.1. The third-order valence-electron chi connectivity index (χ3n) is 2.40. The molecule has 0 aliphatic heterocycles. The molecule has 0 spiro atoms. The third-order valence-corrected chi connectivity index (χ3v) is 2.81. The van der Waals surface area contributed by atoms with Gasteiger partial charge in [0.05, 0.1) is 11.4 Å². The molecule has 0 atom stereocenters. The molecule has 6 heteroatoms. The fraction of sp³-hybridized carbons (Fsp3) is 0.500. The molecule has 4 N–H and O–H groups in total. The first-order valence-electron chi connectivity index (χ1n) is 7.24. The molecule has 0 amide bonds. The summed E-state index contributed by atoms with van der Waals surface area (Å²) in [5.41, 5.74) is 1.58. The number of benzene rings is 1. The summed E-state index contributed by atoms with van der Waals surface area (Å²) in [6.07, 6.45) is 0. The zero-order valence-electron chi connectivity index (χ0n) is 14.1. The number of thiocarbonyl (C=S) groups is 2. The predicted molar refractivity (Wildman–Crippen MR) is 105 cm³/mol. The lowest BCUT2D eigenvalue weighted by Gasteiger charge is -2.25.